The maximum Gasteiger partial charge on any atom is 0.253 e. The molecule has 1 aliphatic heterocycles. The lowest BCUT2D eigenvalue weighted by atomic mass is 10.1. The molecule has 0 saturated carbocycles. The number of hydrogen-bond donors (Lipinski definition) is 1. The van der Waals surface area contributed by atoms with E-state index in [2.05, 4.69) is 10.2 Å². The third-order valence-electron chi connectivity index (χ3n) is 4.00. The van der Waals surface area contributed by atoms with Crippen LogP contribution in [0.2, 0.25) is 0 Å². The molecule has 2 amide bonds. The third kappa shape index (κ3) is 3.19. The summed E-state index contributed by atoms with van der Waals surface area (Å²) in [4.78, 5) is 27.7. The number of amides is 2. The van der Waals surface area contributed by atoms with E-state index in [4.69, 9.17) is 4.74 Å². The summed E-state index contributed by atoms with van der Waals surface area (Å²) in [5.74, 6) is -0.145. The van der Waals surface area contributed by atoms with E-state index in [1.165, 1.54) is 4.90 Å². The first-order valence-electron chi connectivity index (χ1n) is 7.59. The van der Waals surface area contributed by atoms with Crippen molar-refractivity contribution in [2.24, 2.45) is 0 Å². The minimum Gasteiger partial charge on any atom is -0.365 e. The standard InChI is InChI=1S/C16H20N4O3/c1-19(2)16(22)14-10-20(7-8-23-14)15(21)9-13-11-5-3-4-6-12(11)17-18-13/h3-6,14H,7-10H2,1-2H3,(H,17,18). The van der Waals surface area contributed by atoms with Crippen molar-refractivity contribution in [2.45, 2.75) is 12.5 Å². The highest BCUT2D eigenvalue weighted by atomic mass is 16.5. The highest BCUT2D eigenvalue weighted by Gasteiger charge is 2.30. The Kier molecular flexibility index (Phi) is 4.29. The Labute approximate surface area is 134 Å². The van der Waals surface area contributed by atoms with E-state index in [0.29, 0.717) is 19.7 Å². The number of H-pyrrole nitrogens is 1. The van der Waals surface area contributed by atoms with E-state index in [9.17, 15) is 9.59 Å². The van der Waals surface area contributed by atoms with Gasteiger partial charge in [0.2, 0.25) is 5.91 Å². The molecule has 122 valence electrons. The van der Waals surface area contributed by atoms with Gasteiger partial charge in [0, 0.05) is 26.0 Å². The van der Waals surface area contributed by atoms with Crippen LogP contribution >= 0.6 is 0 Å². The minimum absolute atomic E-state index is 0.0285. The molecule has 1 aliphatic rings. The number of morpholine rings is 1. The number of nitrogens with zero attached hydrogens (tertiary/aromatic N) is 3. The van der Waals surface area contributed by atoms with Crippen LogP contribution in [-0.4, -0.2) is 71.7 Å². The van der Waals surface area contributed by atoms with E-state index >= 15 is 0 Å². The number of para-hydroxylation sites is 1. The number of aromatic nitrogens is 2. The topological polar surface area (TPSA) is 78.5 Å². The highest BCUT2D eigenvalue weighted by molar-refractivity contribution is 5.88. The van der Waals surface area contributed by atoms with Crippen LogP contribution in [0, 0.1) is 0 Å². The van der Waals surface area contributed by atoms with Crippen LogP contribution in [0.15, 0.2) is 24.3 Å². The SMILES string of the molecule is CN(C)C(=O)C1CN(C(=O)Cc2[nH]nc3ccccc23)CCO1. The van der Waals surface area contributed by atoms with Crippen LogP contribution < -0.4 is 0 Å². The van der Waals surface area contributed by atoms with Crippen molar-refractivity contribution < 1.29 is 14.3 Å². The molecular formula is C16H20N4O3. The number of aromatic amines is 1. The van der Waals surface area contributed by atoms with Crippen LogP contribution in [0.4, 0.5) is 0 Å². The van der Waals surface area contributed by atoms with Gasteiger partial charge in [-0.05, 0) is 6.07 Å². The number of rotatable bonds is 3. The highest BCUT2D eigenvalue weighted by Crippen LogP contribution is 2.17. The maximum atomic E-state index is 12.5. The van der Waals surface area contributed by atoms with Gasteiger partial charge in [0.25, 0.3) is 5.91 Å². The van der Waals surface area contributed by atoms with Gasteiger partial charge in [0.1, 0.15) is 0 Å². The molecule has 1 aromatic heterocycles. The van der Waals surface area contributed by atoms with Crippen LogP contribution in [0.1, 0.15) is 5.69 Å². The maximum absolute atomic E-state index is 12.5. The van der Waals surface area contributed by atoms with Crippen molar-refractivity contribution in [1.82, 2.24) is 20.0 Å². The second kappa shape index (κ2) is 6.37. The van der Waals surface area contributed by atoms with Gasteiger partial charge in [-0.1, -0.05) is 18.2 Å². The van der Waals surface area contributed by atoms with Gasteiger partial charge in [0.15, 0.2) is 6.10 Å². The van der Waals surface area contributed by atoms with E-state index < -0.39 is 6.10 Å². The number of carbonyl (C=O) groups is 2. The largest absolute Gasteiger partial charge is 0.365 e. The molecular weight excluding hydrogens is 296 g/mol. The first kappa shape index (κ1) is 15.5. The summed E-state index contributed by atoms with van der Waals surface area (Å²) in [5.41, 5.74) is 1.64. The fraction of sp³-hybridized carbons (Fsp3) is 0.438. The van der Waals surface area contributed by atoms with E-state index in [-0.39, 0.29) is 18.2 Å². The van der Waals surface area contributed by atoms with Crippen LogP contribution in [0.5, 0.6) is 0 Å². The smallest absolute Gasteiger partial charge is 0.253 e. The summed E-state index contributed by atoms with van der Waals surface area (Å²) in [6, 6.07) is 7.68. The summed E-state index contributed by atoms with van der Waals surface area (Å²) >= 11 is 0. The van der Waals surface area contributed by atoms with E-state index in [1.54, 1.807) is 19.0 Å². The van der Waals surface area contributed by atoms with Crippen molar-refractivity contribution in [3.63, 3.8) is 0 Å². The molecule has 1 saturated heterocycles. The minimum atomic E-state index is -0.582. The Bertz CT molecular complexity index is 725. The zero-order chi connectivity index (χ0) is 16.4. The van der Waals surface area contributed by atoms with Crippen molar-refractivity contribution in [3.05, 3.63) is 30.0 Å². The summed E-state index contributed by atoms with van der Waals surface area (Å²) in [6.07, 6.45) is -0.343. The molecule has 1 aromatic carbocycles. The van der Waals surface area contributed by atoms with Gasteiger partial charge in [-0.2, -0.15) is 5.10 Å². The predicted octanol–water partition coefficient (Wildman–Crippen LogP) is 0.421. The van der Waals surface area contributed by atoms with Gasteiger partial charge in [-0.25, -0.2) is 0 Å². The molecule has 0 radical (unpaired) electrons. The molecule has 1 fully saturated rings. The number of carbonyl (C=O) groups excluding carboxylic acids is 2. The fourth-order valence-corrected chi connectivity index (χ4v) is 2.73. The normalized spacial score (nSPS) is 18.2. The first-order chi connectivity index (χ1) is 11.1. The summed E-state index contributed by atoms with van der Waals surface area (Å²) in [6.45, 7) is 1.17. The van der Waals surface area contributed by atoms with Crippen LogP contribution in [0.3, 0.4) is 0 Å². The molecule has 2 aromatic rings. The number of likely N-dealkylation sites (N-methyl/N-ethyl adjacent to an activating group) is 1. The van der Waals surface area contributed by atoms with Gasteiger partial charge in [-0.3, -0.25) is 14.7 Å². The lowest BCUT2D eigenvalue weighted by Crippen LogP contribution is -2.51. The number of hydrogen-bond acceptors (Lipinski definition) is 4. The monoisotopic (exact) mass is 316 g/mol. The average molecular weight is 316 g/mol. The molecule has 0 aliphatic carbocycles. The lowest BCUT2D eigenvalue weighted by Gasteiger charge is -2.33. The quantitative estimate of drug-likeness (QED) is 0.890. The molecule has 3 rings (SSSR count). The average Bonchev–Trinajstić information content (AvgIpc) is 2.97. The number of nitrogens with one attached hydrogen (secondary N) is 1. The molecule has 7 heteroatoms. The lowest BCUT2D eigenvalue weighted by molar-refractivity contribution is -0.152. The zero-order valence-corrected chi connectivity index (χ0v) is 13.3. The van der Waals surface area contributed by atoms with Crippen molar-refractivity contribution in [1.29, 1.82) is 0 Å². The zero-order valence-electron chi connectivity index (χ0n) is 13.3. The Balaban J connectivity index is 1.69. The van der Waals surface area contributed by atoms with Gasteiger partial charge in [-0.15, -0.1) is 0 Å². The van der Waals surface area contributed by atoms with Gasteiger partial charge >= 0.3 is 0 Å². The number of benzene rings is 1. The molecule has 7 nitrogen and oxygen atoms in total. The Morgan fingerprint density at radius 3 is 2.96 bits per heavy atom. The second-order valence-electron chi connectivity index (χ2n) is 5.83. The molecule has 0 bridgehead atoms. The third-order valence-corrected chi connectivity index (χ3v) is 4.00. The summed E-state index contributed by atoms with van der Waals surface area (Å²) in [7, 11) is 3.37. The molecule has 1 atom stereocenters. The molecule has 2 heterocycles. The Morgan fingerprint density at radius 2 is 2.17 bits per heavy atom. The molecule has 0 spiro atoms. The van der Waals surface area contributed by atoms with Gasteiger partial charge in [0.05, 0.1) is 30.8 Å². The van der Waals surface area contributed by atoms with E-state index in [1.807, 2.05) is 24.3 Å². The Hall–Kier alpha value is -2.41. The van der Waals surface area contributed by atoms with Crippen molar-refractivity contribution in [3.8, 4) is 0 Å². The van der Waals surface area contributed by atoms with E-state index in [0.717, 1.165) is 16.6 Å². The first-order valence-corrected chi connectivity index (χ1v) is 7.59. The Morgan fingerprint density at radius 1 is 1.39 bits per heavy atom. The molecule has 23 heavy (non-hydrogen) atoms. The summed E-state index contributed by atoms with van der Waals surface area (Å²) in [5, 5.41) is 8.09. The number of ether oxygens (including phenoxy) is 1. The number of fused-ring (bicyclic) bond motifs is 1. The fourth-order valence-electron chi connectivity index (χ4n) is 2.73. The summed E-state index contributed by atoms with van der Waals surface area (Å²) < 4.78 is 5.48. The van der Waals surface area contributed by atoms with Crippen LogP contribution in [-0.2, 0) is 20.7 Å². The van der Waals surface area contributed by atoms with Crippen molar-refractivity contribution in [2.75, 3.05) is 33.8 Å². The van der Waals surface area contributed by atoms with Gasteiger partial charge < -0.3 is 14.5 Å². The van der Waals surface area contributed by atoms with Crippen LogP contribution in [0.25, 0.3) is 10.9 Å². The molecule has 1 unspecified atom stereocenters. The molecule has 1 N–H and O–H groups in total. The second-order valence-corrected chi connectivity index (χ2v) is 5.83. The van der Waals surface area contributed by atoms with Crippen molar-refractivity contribution >= 4 is 22.7 Å². The predicted molar refractivity (Wildman–Crippen MR) is 84.8 cm³/mol.